The molecule has 0 unspecified atom stereocenters. The van der Waals surface area contributed by atoms with E-state index in [1.807, 2.05) is 6.07 Å². The van der Waals surface area contributed by atoms with Gasteiger partial charge in [0.25, 0.3) is 5.92 Å². The van der Waals surface area contributed by atoms with Crippen molar-refractivity contribution in [1.29, 1.82) is 0 Å². The minimum absolute atomic E-state index is 0.00173. The van der Waals surface area contributed by atoms with E-state index < -0.39 is 5.92 Å². The normalized spacial score (nSPS) is 16.3. The molecule has 0 radical (unpaired) electrons. The van der Waals surface area contributed by atoms with Crippen LogP contribution in [0.1, 0.15) is 74.1 Å². The lowest BCUT2D eigenvalue weighted by atomic mass is 9.92. The summed E-state index contributed by atoms with van der Waals surface area (Å²) >= 11 is 0. The lowest BCUT2D eigenvalue weighted by Crippen LogP contribution is -2.30. The molecule has 1 saturated carbocycles. The molecular formula is C34H36F2O2. The summed E-state index contributed by atoms with van der Waals surface area (Å²) in [6.45, 7) is 0.924. The van der Waals surface area contributed by atoms with Gasteiger partial charge in [-0.15, -0.1) is 0 Å². The lowest BCUT2D eigenvalue weighted by Gasteiger charge is -2.23. The summed E-state index contributed by atoms with van der Waals surface area (Å²) in [6, 6.07) is 18.6. The third-order valence-electron chi connectivity index (χ3n) is 7.68. The lowest BCUT2D eigenvalue weighted by molar-refractivity contribution is 0.0166. The van der Waals surface area contributed by atoms with Crippen molar-refractivity contribution in [2.75, 3.05) is 0 Å². The van der Waals surface area contributed by atoms with E-state index in [9.17, 15) is 13.9 Å². The van der Waals surface area contributed by atoms with Crippen molar-refractivity contribution < 1.29 is 18.6 Å². The molecule has 2 aliphatic rings. The van der Waals surface area contributed by atoms with Crippen LogP contribution in [0.2, 0.25) is 0 Å². The third-order valence-corrected chi connectivity index (χ3v) is 7.68. The molecule has 0 aliphatic heterocycles. The molecular weight excluding hydrogens is 478 g/mol. The minimum Gasteiger partial charge on any atom is -0.508 e. The van der Waals surface area contributed by atoms with E-state index in [0.717, 1.165) is 60.8 Å². The molecule has 38 heavy (non-hydrogen) atoms. The summed E-state index contributed by atoms with van der Waals surface area (Å²) in [4.78, 5) is 0. The summed E-state index contributed by atoms with van der Waals surface area (Å²) < 4.78 is 34.9. The fourth-order valence-corrected chi connectivity index (χ4v) is 5.67. The Hall–Kier alpha value is -3.40. The fraction of sp³-hybridized carbons (Fsp3) is 0.353. The quantitative estimate of drug-likeness (QED) is 0.358. The predicted molar refractivity (Wildman–Crippen MR) is 150 cm³/mol. The van der Waals surface area contributed by atoms with Gasteiger partial charge in [0.1, 0.15) is 11.5 Å². The van der Waals surface area contributed by atoms with E-state index in [-0.39, 0.29) is 17.7 Å². The highest BCUT2D eigenvalue weighted by Gasteiger charge is 2.27. The molecule has 0 spiro atoms. The first-order chi connectivity index (χ1) is 18.4. The van der Waals surface area contributed by atoms with Crippen molar-refractivity contribution in [2.45, 2.75) is 76.7 Å². The highest BCUT2D eigenvalue weighted by Crippen LogP contribution is 2.31. The Morgan fingerprint density at radius 2 is 1.61 bits per heavy atom. The first-order valence-corrected chi connectivity index (χ1v) is 13.8. The van der Waals surface area contributed by atoms with Crippen molar-refractivity contribution in [3.8, 4) is 11.5 Å². The monoisotopic (exact) mass is 514 g/mol. The Morgan fingerprint density at radius 3 is 2.37 bits per heavy atom. The molecule has 0 aromatic heterocycles. The van der Waals surface area contributed by atoms with Gasteiger partial charge in [0.15, 0.2) is 0 Å². The highest BCUT2D eigenvalue weighted by atomic mass is 19.3. The van der Waals surface area contributed by atoms with Crippen molar-refractivity contribution in [3.63, 3.8) is 0 Å². The summed E-state index contributed by atoms with van der Waals surface area (Å²) in [7, 11) is 0. The van der Waals surface area contributed by atoms with E-state index in [1.54, 1.807) is 24.3 Å². The van der Waals surface area contributed by atoms with Crippen LogP contribution < -0.4 is 15.2 Å². The molecule has 4 heteroatoms. The maximum absolute atomic E-state index is 14.3. The Kier molecular flexibility index (Phi) is 7.97. The van der Waals surface area contributed by atoms with Crippen molar-refractivity contribution in [3.05, 3.63) is 105 Å². The molecule has 198 valence electrons. The molecule has 0 atom stereocenters. The smallest absolute Gasteiger partial charge is 0.270 e. The number of phenolic OH excluding ortho intramolecular Hbond substituents is 1. The number of hydrogen-bond acceptors (Lipinski definition) is 2. The topological polar surface area (TPSA) is 29.5 Å². The summed E-state index contributed by atoms with van der Waals surface area (Å²) in [6.07, 6.45) is 15.7. The maximum Gasteiger partial charge on any atom is 0.270 e. The zero-order chi connectivity index (χ0) is 26.5. The first kappa shape index (κ1) is 26.2. The van der Waals surface area contributed by atoms with Crippen LogP contribution in [0, 0.1) is 0 Å². The average Bonchev–Trinajstić information content (AvgIpc) is 2.89. The van der Waals surface area contributed by atoms with Gasteiger partial charge in [0.05, 0.1) is 6.10 Å². The van der Waals surface area contributed by atoms with Gasteiger partial charge < -0.3 is 9.84 Å². The Bertz CT molecular complexity index is 1410. The predicted octanol–water partition coefficient (Wildman–Crippen LogP) is 7.33. The van der Waals surface area contributed by atoms with Gasteiger partial charge >= 0.3 is 0 Å². The zero-order valence-electron chi connectivity index (χ0n) is 22.1. The van der Waals surface area contributed by atoms with Gasteiger partial charge in [-0.05, 0) is 90.3 Å². The van der Waals surface area contributed by atoms with Crippen LogP contribution in [0.5, 0.6) is 11.5 Å². The Balaban J connectivity index is 1.44. The maximum atomic E-state index is 14.3. The Morgan fingerprint density at radius 1 is 0.868 bits per heavy atom. The second kappa shape index (κ2) is 11.6. The number of rotatable bonds is 7. The summed E-state index contributed by atoms with van der Waals surface area (Å²) in [5.41, 5.74) is 3.55. The van der Waals surface area contributed by atoms with Crippen LogP contribution in [-0.2, 0) is 18.8 Å². The van der Waals surface area contributed by atoms with Crippen molar-refractivity contribution >= 4 is 12.2 Å². The molecule has 0 bridgehead atoms. The molecule has 1 fully saturated rings. The molecule has 3 aromatic carbocycles. The van der Waals surface area contributed by atoms with E-state index in [2.05, 4.69) is 42.5 Å². The van der Waals surface area contributed by atoms with Crippen LogP contribution in [-0.4, -0.2) is 11.2 Å². The molecule has 1 N–H and O–H groups in total. The molecule has 2 aliphatic carbocycles. The van der Waals surface area contributed by atoms with Gasteiger partial charge in [-0.1, -0.05) is 67.1 Å². The SMILES string of the molecule is CC(F)(F)c1ccccc1Cc1c(O)ccc2c1=CC(Cc1ccc(OC3CCCCC3)cc1)=CCCC=2. The minimum atomic E-state index is -2.96. The van der Waals surface area contributed by atoms with Crippen LogP contribution >= 0.6 is 0 Å². The molecule has 2 nitrogen and oxygen atoms in total. The standard InChI is InChI=1S/C34H36F2O2/c1-34(35,36)32-14-8-7-11-27(32)23-31-30-22-25(9-5-6-10-26(30)17-20-33(31)37)21-24-15-18-29(19-16-24)38-28-12-3-2-4-13-28/h7-11,14-20,22,28,37H,2-6,12-13,21,23H2,1H3. The van der Waals surface area contributed by atoms with Gasteiger partial charge in [0, 0.05) is 24.5 Å². The molecule has 5 rings (SSSR count). The summed E-state index contributed by atoms with van der Waals surface area (Å²) in [5.74, 6) is -1.90. The number of phenols is 1. The number of halogens is 2. The van der Waals surface area contributed by atoms with Crippen molar-refractivity contribution in [2.24, 2.45) is 0 Å². The second-order valence-corrected chi connectivity index (χ2v) is 10.7. The van der Waals surface area contributed by atoms with Crippen LogP contribution in [0.25, 0.3) is 12.2 Å². The average molecular weight is 515 g/mol. The fourth-order valence-electron chi connectivity index (χ4n) is 5.67. The highest BCUT2D eigenvalue weighted by molar-refractivity contribution is 5.56. The zero-order valence-corrected chi connectivity index (χ0v) is 22.1. The van der Waals surface area contributed by atoms with Crippen LogP contribution in [0.3, 0.4) is 0 Å². The molecule has 3 aromatic rings. The van der Waals surface area contributed by atoms with Crippen LogP contribution in [0.4, 0.5) is 8.78 Å². The first-order valence-electron chi connectivity index (χ1n) is 13.8. The number of ether oxygens (including phenoxy) is 1. The van der Waals surface area contributed by atoms with E-state index in [4.69, 9.17) is 4.74 Å². The van der Waals surface area contributed by atoms with Gasteiger partial charge in [-0.3, -0.25) is 0 Å². The molecule has 0 amide bonds. The number of fused-ring (bicyclic) bond motifs is 1. The number of benzene rings is 3. The number of hydrogen-bond donors (Lipinski definition) is 1. The van der Waals surface area contributed by atoms with Gasteiger partial charge in [-0.2, -0.15) is 0 Å². The largest absolute Gasteiger partial charge is 0.508 e. The van der Waals surface area contributed by atoms with Crippen LogP contribution in [0.15, 0.2) is 72.3 Å². The molecule has 0 saturated heterocycles. The number of alkyl halides is 2. The second-order valence-electron chi connectivity index (χ2n) is 10.7. The Labute approximate surface area is 224 Å². The van der Waals surface area contributed by atoms with E-state index >= 15 is 0 Å². The number of aromatic hydroxyl groups is 1. The van der Waals surface area contributed by atoms with E-state index in [1.165, 1.54) is 30.9 Å². The molecule has 0 heterocycles. The number of allylic oxidation sites excluding steroid dienone is 2. The summed E-state index contributed by atoms with van der Waals surface area (Å²) in [5, 5.41) is 12.8. The van der Waals surface area contributed by atoms with Gasteiger partial charge in [-0.25, -0.2) is 8.78 Å². The van der Waals surface area contributed by atoms with Crippen molar-refractivity contribution in [1.82, 2.24) is 0 Å². The third kappa shape index (κ3) is 6.35. The van der Waals surface area contributed by atoms with E-state index in [0.29, 0.717) is 17.2 Å². The van der Waals surface area contributed by atoms with Gasteiger partial charge in [0.2, 0.25) is 0 Å².